The average Bonchev–Trinajstić information content (AvgIpc) is 3.41. The predicted molar refractivity (Wildman–Crippen MR) is 130 cm³/mol. The molecule has 1 N–H and O–H groups in total. The quantitative estimate of drug-likeness (QED) is 0.358. The highest BCUT2D eigenvalue weighted by Gasteiger charge is 2.36. The van der Waals surface area contributed by atoms with Crippen molar-refractivity contribution >= 4 is 23.1 Å². The smallest absolute Gasteiger partial charge is 0.310 e. The zero-order valence-corrected chi connectivity index (χ0v) is 18.9. The summed E-state index contributed by atoms with van der Waals surface area (Å²) in [6.07, 6.45) is 6.62. The standard InChI is InChI=1S/C27H24FN3OS/c28-19-9-6-8-18(16-19)25-23-13-7-15-30(23)26-22(21-12-4-5-14-24(21)33-26)17-31(25)27(32)29-20-10-2-1-3-11-20/h1-3,6-11,13,15-16,25H,4-5,12,14,17H2,(H,29,32)/t25-/m0/s1. The molecule has 1 aliphatic carbocycles. The Labute approximate surface area is 196 Å². The number of anilines is 1. The van der Waals surface area contributed by atoms with Gasteiger partial charge in [-0.1, -0.05) is 30.3 Å². The monoisotopic (exact) mass is 457 g/mol. The van der Waals surface area contributed by atoms with Crippen LogP contribution in [0.4, 0.5) is 14.9 Å². The number of para-hydroxylation sites is 1. The molecule has 3 heterocycles. The fraction of sp³-hybridized carbons (Fsp3) is 0.222. The molecule has 4 aromatic rings. The van der Waals surface area contributed by atoms with Gasteiger partial charge >= 0.3 is 6.03 Å². The number of hydrogen-bond acceptors (Lipinski definition) is 2. The van der Waals surface area contributed by atoms with Crippen molar-refractivity contribution in [2.24, 2.45) is 0 Å². The minimum Gasteiger partial charge on any atom is -0.310 e. The lowest BCUT2D eigenvalue weighted by atomic mass is 9.95. The molecule has 2 aliphatic rings. The second-order valence-corrected chi connectivity index (χ2v) is 9.76. The lowest BCUT2D eigenvalue weighted by Gasteiger charge is -2.31. The molecule has 0 saturated carbocycles. The van der Waals surface area contributed by atoms with Crippen LogP contribution in [0.3, 0.4) is 0 Å². The largest absolute Gasteiger partial charge is 0.322 e. The van der Waals surface area contributed by atoms with Gasteiger partial charge in [-0.15, -0.1) is 11.3 Å². The summed E-state index contributed by atoms with van der Waals surface area (Å²) >= 11 is 1.85. The first kappa shape index (κ1) is 20.2. The zero-order valence-electron chi connectivity index (χ0n) is 18.1. The normalized spacial score (nSPS) is 17.0. The second kappa shape index (κ2) is 8.19. The highest BCUT2D eigenvalue weighted by atomic mass is 32.1. The van der Waals surface area contributed by atoms with Crippen molar-refractivity contribution in [3.05, 3.63) is 106 Å². The molecule has 2 amide bonds. The molecule has 33 heavy (non-hydrogen) atoms. The Hall–Kier alpha value is -3.38. The van der Waals surface area contributed by atoms with Gasteiger partial charge in [0.1, 0.15) is 10.8 Å². The Balaban J connectivity index is 1.51. The van der Waals surface area contributed by atoms with Crippen molar-refractivity contribution in [2.75, 3.05) is 5.32 Å². The maximum atomic E-state index is 14.3. The van der Waals surface area contributed by atoms with Crippen molar-refractivity contribution in [3.8, 4) is 5.00 Å². The number of rotatable bonds is 2. The Morgan fingerprint density at radius 1 is 0.970 bits per heavy atom. The fourth-order valence-corrected chi connectivity index (χ4v) is 6.53. The van der Waals surface area contributed by atoms with Crippen molar-refractivity contribution in [3.63, 3.8) is 0 Å². The van der Waals surface area contributed by atoms with Gasteiger partial charge in [-0.25, -0.2) is 9.18 Å². The van der Waals surface area contributed by atoms with Crippen LogP contribution in [0.2, 0.25) is 0 Å². The number of nitrogens with one attached hydrogen (secondary N) is 1. The minimum atomic E-state index is -0.404. The molecule has 0 fully saturated rings. The number of carbonyl (C=O) groups is 1. The highest BCUT2D eigenvalue weighted by Crippen LogP contribution is 2.44. The number of benzene rings is 2. The number of aryl methyl sites for hydroxylation is 1. The van der Waals surface area contributed by atoms with Crippen LogP contribution < -0.4 is 5.32 Å². The van der Waals surface area contributed by atoms with E-state index in [2.05, 4.69) is 16.1 Å². The molecule has 1 aliphatic heterocycles. The minimum absolute atomic E-state index is 0.188. The van der Waals surface area contributed by atoms with E-state index in [9.17, 15) is 9.18 Å². The van der Waals surface area contributed by atoms with E-state index in [-0.39, 0.29) is 11.8 Å². The number of amides is 2. The summed E-state index contributed by atoms with van der Waals surface area (Å²) in [5.74, 6) is -0.301. The first-order valence-corrected chi connectivity index (χ1v) is 12.2. The van der Waals surface area contributed by atoms with Crippen LogP contribution in [-0.4, -0.2) is 15.5 Å². The van der Waals surface area contributed by atoms with Gasteiger partial charge in [-0.05, 0) is 73.2 Å². The Bertz CT molecular complexity index is 1330. The third-order valence-corrected chi connectivity index (χ3v) is 7.96. The number of fused-ring (bicyclic) bond motifs is 5. The molecule has 6 rings (SSSR count). The van der Waals surface area contributed by atoms with E-state index in [4.69, 9.17) is 0 Å². The molecule has 4 nitrogen and oxygen atoms in total. The fourth-order valence-electron chi connectivity index (χ4n) is 5.13. The number of urea groups is 1. The van der Waals surface area contributed by atoms with Gasteiger partial charge in [-0.3, -0.25) is 0 Å². The molecule has 6 heteroatoms. The molecule has 0 saturated heterocycles. The molecule has 2 aromatic carbocycles. The topological polar surface area (TPSA) is 37.3 Å². The maximum absolute atomic E-state index is 14.3. The second-order valence-electron chi connectivity index (χ2n) is 8.68. The van der Waals surface area contributed by atoms with E-state index in [1.807, 2.05) is 64.8 Å². The van der Waals surface area contributed by atoms with Crippen LogP contribution in [-0.2, 0) is 19.4 Å². The van der Waals surface area contributed by atoms with Gasteiger partial charge in [0.2, 0.25) is 0 Å². The van der Waals surface area contributed by atoms with Crippen LogP contribution in [0, 0.1) is 5.82 Å². The van der Waals surface area contributed by atoms with Crippen molar-refractivity contribution in [1.82, 2.24) is 9.47 Å². The molecule has 0 spiro atoms. The van der Waals surface area contributed by atoms with E-state index in [1.165, 1.54) is 39.9 Å². The molecule has 0 bridgehead atoms. The van der Waals surface area contributed by atoms with Crippen molar-refractivity contribution < 1.29 is 9.18 Å². The third kappa shape index (κ3) is 3.55. The molecule has 166 valence electrons. The third-order valence-electron chi connectivity index (χ3n) is 6.63. The molecular weight excluding hydrogens is 433 g/mol. The molecule has 0 radical (unpaired) electrons. The summed E-state index contributed by atoms with van der Waals surface area (Å²) in [6.45, 7) is 0.489. The summed E-state index contributed by atoms with van der Waals surface area (Å²) in [5.41, 5.74) is 5.11. The Kier molecular flexibility index (Phi) is 5.03. The van der Waals surface area contributed by atoms with Gasteiger partial charge in [0.25, 0.3) is 0 Å². The summed E-state index contributed by atoms with van der Waals surface area (Å²) in [6, 6.07) is 19.6. The summed E-state index contributed by atoms with van der Waals surface area (Å²) < 4.78 is 16.5. The molecule has 1 atom stereocenters. The summed E-state index contributed by atoms with van der Waals surface area (Å²) in [4.78, 5) is 17.0. The van der Waals surface area contributed by atoms with Crippen LogP contribution in [0.5, 0.6) is 0 Å². The average molecular weight is 458 g/mol. The lowest BCUT2D eigenvalue weighted by molar-refractivity contribution is 0.194. The molecule has 0 unspecified atom stereocenters. The van der Waals surface area contributed by atoms with Gasteiger partial charge < -0.3 is 14.8 Å². The number of hydrogen-bond donors (Lipinski definition) is 1. The summed E-state index contributed by atoms with van der Waals surface area (Å²) in [5, 5.41) is 4.26. The SMILES string of the molecule is O=C(Nc1ccccc1)N1Cc2c(sc3c2CCCC3)-n2cccc2[C@@H]1c1cccc(F)c1. The first-order valence-electron chi connectivity index (χ1n) is 11.4. The molecular formula is C27H24FN3OS. The van der Waals surface area contributed by atoms with E-state index in [1.54, 1.807) is 12.1 Å². The van der Waals surface area contributed by atoms with E-state index < -0.39 is 6.04 Å². The zero-order chi connectivity index (χ0) is 22.4. The lowest BCUT2D eigenvalue weighted by Crippen LogP contribution is -2.38. The number of nitrogens with zero attached hydrogens (tertiary/aromatic N) is 2. The van der Waals surface area contributed by atoms with Gasteiger partial charge in [0.05, 0.1) is 18.3 Å². The van der Waals surface area contributed by atoms with Crippen LogP contribution in [0.25, 0.3) is 5.00 Å². The van der Waals surface area contributed by atoms with Crippen molar-refractivity contribution in [1.29, 1.82) is 0 Å². The van der Waals surface area contributed by atoms with Gasteiger partial charge in [0.15, 0.2) is 0 Å². The predicted octanol–water partition coefficient (Wildman–Crippen LogP) is 6.69. The first-order chi connectivity index (χ1) is 16.2. The van der Waals surface area contributed by atoms with Crippen LogP contribution in [0.1, 0.15) is 46.1 Å². The van der Waals surface area contributed by atoms with E-state index >= 15 is 0 Å². The number of aromatic nitrogens is 1. The van der Waals surface area contributed by atoms with Crippen LogP contribution >= 0.6 is 11.3 Å². The Morgan fingerprint density at radius 2 is 1.82 bits per heavy atom. The van der Waals surface area contributed by atoms with Gasteiger partial charge in [-0.2, -0.15) is 0 Å². The number of halogens is 1. The highest BCUT2D eigenvalue weighted by molar-refractivity contribution is 7.15. The van der Waals surface area contributed by atoms with E-state index in [0.29, 0.717) is 6.54 Å². The maximum Gasteiger partial charge on any atom is 0.322 e. The van der Waals surface area contributed by atoms with Gasteiger partial charge in [0, 0.05) is 22.3 Å². The van der Waals surface area contributed by atoms with E-state index in [0.717, 1.165) is 29.8 Å². The molecule has 2 aromatic heterocycles. The summed E-state index contributed by atoms with van der Waals surface area (Å²) in [7, 11) is 0. The Morgan fingerprint density at radius 3 is 2.67 bits per heavy atom. The van der Waals surface area contributed by atoms with Crippen LogP contribution in [0.15, 0.2) is 72.9 Å². The van der Waals surface area contributed by atoms with Crippen molar-refractivity contribution in [2.45, 2.75) is 38.3 Å². The number of thiophene rings is 1. The number of carbonyl (C=O) groups excluding carboxylic acids is 1.